The van der Waals surface area contributed by atoms with Gasteiger partial charge in [-0.3, -0.25) is 4.79 Å². The van der Waals surface area contributed by atoms with Crippen LogP contribution in [0.4, 0.5) is 11.5 Å². The van der Waals surface area contributed by atoms with Gasteiger partial charge in [0.2, 0.25) is 0 Å². The molecule has 0 atom stereocenters. The van der Waals surface area contributed by atoms with E-state index in [-0.39, 0.29) is 5.91 Å². The maximum Gasteiger partial charge on any atom is 0.272 e. The Balaban J connectivity index is 1.71. The second-order valence-corrected chi connectivity index (χ2v) is 6.81. The molecule has 5 nitrogen and oxygen atoms in total. The number of halogens is 1. The largest absolute Gasteiger partial charge is 0.340 e. The molecule has 6 heteroatoms. The summed E-state index contributed by atoms with van der Waals surface area (Å²) in [5.41, 5.74) is 1.35. The Morgan fingerprint density at radius 3 is 2.61 bits per heavy atom. The lowest BCUT2D eigenvalue weighted by Crippen LogP contribution is -2.38. The van der Waals surface area contributed by atoms with Crippen LogP contribution in [0.25, 0.3) is 0 Å². The summed E-state index contributed by atoms with van der Waals surface area (Å²) in [6.07, 6.45) is 3.54. The lowest BCUT2D eigenvalue weighted by molar-refractivity contribution is 0.0691. The Morgan fingerprint density at radius 1 is 1.22 bits per heavy atom. The van der Waals surface area contributed by atoms with E-state index in [0.717, 1.165) is 36.1 Å². The Bertz CT molecular complexity index is 681. The van der Waals surface area contributed by atoms with Crippen LogP contribution in [0.15, 0.2) is 41.1 Å². The molecule has 0 saturated carbocycles. The molecule has 0 aliphatic carbocycles. The smallest absolute Gasteiger partial charge is 0.272 e. The zero-order chi connectivity index (χ0) is 16.2. The predicted molar refractivity (Wildman–Crippen MR) is 93.8 cm³/mol. The molecule has 0 radical (unpaired) electrons. The molecule has 1 aliphatic heterocycles. The minimum absolute atomic E-state index is 0.0156. The zero-order valence-corrected chi connectivity index (χ0v) is 14.6. The van der Waals surface area contributed by atoms with Gasteiger partial charge in [-0.1, -0.05) is 22.9 Å². The lowest BCUT2D eigenvalue weighted by Gasteiger charge is -2.30. The van der Waals surface area contributed by atoms with Crippen LogP contribution >= 0.6 is 15.9 Å². The van der Waals surface area contributed by atoms with Gasteiger partial charge in [0.05, 0.1) is 0 Å². The van der Waals surface area contributed by atoms with Crippen molar-refractivity contribution in [2.45, 2.75) is 19.8 Å². The molecule has 1 amide bonds. The number of aromatic nitrogens is 2. The number of nitrogens with zero attached hydrogens (tertiary/aromatic N) is 3. The molecule has 1 aromatic carbocycles. The van der Waals surface area contributed by atoms with E-state index in [0.29, 0.717) is 17.4 Å². The summed E-state index contributed by atoms with van der Waals surface area (Å²) in [4.78, 5) is 22.8. The van der Waals surface area contributed by atoms with Crippen molar-refractivity contribution in [3.63, 3.8) is 0 Å². The van der Waals surface area contributed by atoms with Crippen LogP contribution in [0.1, 0.15) is 30.3 Å². The SMILES string of the molecule is CC1CCN(C(=O)c2cc(Nc3ccc(Br)cc3)ncn2)CC1. The monoisotopic (exact) mass is 374 g/mol. The van der Waals surface area contributed by atoms with Gasteiger partial charge in [-0.05, 0) is 43.0 Å². The summed E-state index contributed by atoms with van der Waals surface area (Å²) >= 11 is 3.41. The summed E-state index contributed by atoms with van der Waals surface area (Å²) in [6.45, 7) is 3.84. The van der Waals surface area contributed by atoms with Crippen molar-refractivity contribution in [3.05, 3.63) is 46.8 Å². The summed E-state index contributed by atoms with van der Waals surface area (Å²) in [5, 5.41) is 3.19. The number of amides is 1. The van der Waals surface area contributed by atoms with Gasteiger partial charge in [0.1, 0.15) is 17.8 Å². The summed E-state index contributed by atoms with van der Waals surface area (Å²) in [6, 6.07) is 9.50. The van der Waals surface area contributed by atoms with E-state index >= 15 is 0 Å². The minimum Gasteiger partial charge on any atom is -0.340 e. The standard InChI is InChI=1S/C17H19BrN4O/c1-12-6-8-22(9-7-12)17(23)15-10-16(20-11-19-15)21-14-4-2-13(18)3-5-14/h2-5,10-12H,6-9H2,1H3,(H,19,20,21). The van der Waals surface area contributed by atoms with Crippen LogP contribution in [0, 0.1) is 5.92 Å². The van der Waals surface area contributed by atoms with Crippen LogP contribution in [-0.2, 0) is 0 Å². The maximum absolute atomic E-state index is 12.6. The molecule has 0 bridgehead atoms. The van der Waals surface area contributed by atoms with Gasteiger partial charge < -0.3 is 10.2 Å². The molecule has 0 unspecified atom stereocenters. The molecule has 1 aliphatic rings. The maximum atomic E-state index is 12.6. The highest BCUT2D eigenvalue weighted by Gasteiger charge is 2.22. The van der Waals surface area contributed by atoms with E-state index in [2.05, 4.69) is 38.1 Å². The molecule has 1 aromatic heterocycles. The highest BCUT2D eigenvalue weighted by Crippen LogP contribution is 2.20. The van der Waals surface area contributed by atoms with Gasteiger partial charge in [0.25, 0.3) is 5.91 Å². The Morgan fingerprint density at radius 2 is 1.91 bits per heavy atom. The van der Waals surface area contributed by atoms with Crippen molar-refractivity contribution in [1.82, 2.24) is 14.9 Å². The molecule has 2 aromatic rings. The first kappa shape index (κ1) is 15.9. The van der Waals surface area contributed by atoms with Crippen LogP contribution in [-0.4, -0.2) is 33.9 Å². The number of hydrogen-bond donors (Lipinski definition) is 1. The van der Waals surface area contributed by atoms with Gasteiger partial charge in [0.15, 0.2) is 0 Å². The first-order valence-electron chi connectivity index (χ1n) is 7.76. The van der Waals surface area contributed by atoms with E-state index < -0.39 is 0 Å². The van der Waals surface area contributed by atoms with Gasteiger partial charge in [-0.2, -0.15) is 0 Å². The topological polar surface area (TPSA) is 58.1 Å². The van der Waals surface area contributed by atoms with Crippen molar-refractivity contribution in [2.24, 2.45) is 5.92 Å². The molecular formula is C17H19BrN4O. The van der Waals surface area contributed by atoms with Crippen molar-refractivity contribution < 1.29 is 4.79 Å². The lowest BCUT2D eigenvalue weighted by atomic mass is 9.99. The third kappa shape index (κ3) is 4.07. The Labute approximate surface area is 144 Å². The summed E-state index contributed by atoms with van der Waals surface area (Å²) < 4.78 is 1.01. The van der Waals surface area contributed by atoms with Gasteiger partial charge in [0, 0.05) is 29.3 Å². The van der Waals surface area contributed by atoms with E-state index in [9.17, 15) is 4.79 Å². The second-order valence-electron chi connectivity index (χ2n) is 5.90. The van der Waals surface area contributed by atoms with Gasteiger partial charge in [-0.15, -0.1) is 0 Å². The zero-order valence-electron chi connectivity index (χ0n) is 13.0. The number of benzene rings is 1. The summed E-state index contributed by atoms with van der Waals surface area (Å²) in [7, 11) is 0. The number of anilines is 2. The van der Waals surface area contributed by atoms with Crippen LogP contribution < -0.4 is 5.32 Å². The van der Waals surface area contributed by atoms with Gasteiger partial charge in [-0.25, -0.2) is 9.97 Å². The van der Waals surface area contributed by atoms with Crippen LogP contribution in [0.2, 0.25) is 0 Å². The van der Waals surface area contributed by atoms with Crippen LogP contribution in [0.5, 0.6) is 0 Å². The molecule has 1 N–H and O–H groups in total. The summed E-state index contributed by atoms with van der Waals surface area (Å²) in [5.74, 6) is 1.30. The van der Waals surface area contributed by atoms with Crippen molar-refractivity contribution >= 4 is 33.3 Å². The van der Waals surface area contributed by atoms with Crippen molar-refractivity contribution in [1.29, 1.82) is 0 Å². The molecule has 1 saturated heterocycles. The molecule has 0 spiro atoms. The fourth-order valence-electron chi connectivity index (χ4n) is 2.60. The van der Waals surface area contributed by atoms with Crippen LogP contribution in [0.3, 0.4) is 0 Å². The van der Waals surface area contributed by atoms with E-state index in [1.807, 2.05) is 29.2 Å². The van der Waals surface area contributed by atoms with Gasteiger partial charge >= 0.3 is 0 Å². The number of hydrogen-bond acceptors (Lipinski definition) is 4. The Hall–Kier alpha value is -1.95. The number of piperidine rings is 1. The second kappa shape index (κ2) is 7.08. The average molecular weight is 375 g/mol. The number of nitrogens with one attached hydrogen (secondary N) is 1. The molecule has 2 heterocycles. The average Bonchev–Trinajstić information content (AvgIpc) is 2.57. The normalized spacial score (nSPS) is 15.5. The van der Waals surface area contributed by atoms with E-state index in [1.165, 1.54) is 6.33 Å². The third-order valence-electron chi connectivity index (χ3n) is 4.07. The molecule has 23 heavy (non-hydrogen) atoms. The first-order valence-corrected chi connectivity index (χ1v) is 8.55. The first-order chi connectivity index (χ1) is 11.1. The quantitative estimate of drug-likeness (QED) is 0.885. The fourth-order valence-corrected chi connectivity index (χ4v) is 2.86. The number of carbonyl (C=O) groups excluding carboxylic acids is 1. The molecule has 120 valence electrons. The van der Waals surface area contributed by atoms with E-state index in [4.69, 9.17) is 0 Å². The molecule has 3 rings (SSSR count). The Kier molecular flexibility index (Phi) is 4.91. The highest BCUT2D eigenvalue weighted by atomic mass is 79.9. The molecular weight excluding hydrogens is 356 g/mol. The third-order valence-corrected chi connectivity index (χ3v) is 4.60. The van der Waals surface area contributed by atoms with Crippen molar-refractivity contribution in [3.8, 4) is 0 Å². The van der Waals surface area contributed by atoms with Crippen molar-refractivity contribution in [2.75, 3.05) is 18.4 Å². The molecule has 1 fully saturated rings. The van der Waals surface area contributed by atoms with E-state index in [1.54, 1.807) is 6.07 Å². The predicted octanol–water partition coefficient (Wildman–Crippen LogP) is 3.85. The number of likely N-dealkylation sites (tertiary alicyclic amines) is 1. The minimum atomic E-state index is -0.0156. The highest BCUT2D eigenvalue weighted by molar-refractivity contribution is 9.10. The number of rotatable bonds is 3. The number of carbonyl (C=O) groups is 1. The fraction of sp³-hybridized carbons (Fsp3) is 0.353.